The number of nitrogens with one attached hydrogen (secondary N) is 2. The maximum Gasteiger partial charge on any atom is 0.433 e. The predicted octanol–water partition coefficient (Wildman–Crippen LogP) is 4.22. The Bertz CT molecular complexity index is 963. The molecule has 0 fully saturated rings. The summed E-state index contributed by atoms with van der Waals surface area (Å²) in [7, 11) is 0. The number of amides is 3. The summed E-state index contributed by atoms with van der Waals surface area (Å²) < 4.78 is 40.0. The van der Waals surface area contributed by atoms with E-state index in [4.69, 9.17) is 0 Å². The molecule has 140 valence electrons. The zero-order valence-corrected chi connectivity index (χ0v) is 14.7. The van der Waals surface area contributed by atoms with Gasteiger partial charge in [-0.25, -0.2) is 9.48 Å². The van der Waals surface area contributed by atoms with Crippen LogP contribution in [0.4, 0.5) is 23.7 Å². The summed E-state index contributed by atoms with van der Waals surface area (Å²) in [5, 5.41) is 10.2. The number of imide groups is 1. The van der Waals surface area contributed by atoms with Crippen LogP contribution < -0.4 is 10.6 Å². The van der Waals surface area contributed by atoms with E-state index in [1.807, 2.05) is 0 Å². The third kappa shape index (κ3) is 4.34. The molecule has 0 unspecified atom stereocenters. The molecule has 0 bridgehead atoms. The first-order valence-electron chi connectivity index (χ1n) is 7.64. The first-order chi connectivity index (χ1) is 12.7. The van der Waals surface area contributed by atoms with Crippen LogP contribution in [0.1, 0.15) is 21.1 Å². The van der Waals surface area contributed by atoms with Crippen molar-refractivity contribution in [1.29, 1.82) is 0 Å². The fourth-order valence-corrected chi connectivity index (χ4v) is 2.94. The molecule has 0 aliphatic rings. The minimum Gasteiger partial charge on any atom is -0.308 e. The standard InChI is InChI=1S/C17H13F3N4O2S/c1-10-9-14(17(18,19)20)24(23-10)12-6-4-11(5-7-12)21-16(26)22-15(25)13-3-2-8-27-13/h2-9H,1H3,(H2,21,22,25,26). The number of rotatable bonds is 3. The maximum absolute atomic E-state index is 13.1. The van der Waals surface area contributed by atoms with Gasteiger partial charge in [-0.1, -0.05) is 6.07 Å². The van der Waals surface area contributed by atoms with Crippen LogP contribution in [-0.2, 0) is 6.18 Å². The molecule has 6 nitrogen and oxygen atoms in total. The molecule has 3 aromatic rings. The molecular weight excluding hydrogens is 381 g/mol. The molecule has 1 aromatic carbocycles. The maximum atomic E-state index is 13.1. The lowest BCUT2D eigenvalue weighted by atomic mass is 10.2. The second-order valence-electron chi connectivity index (χ2n) is 5.51. The molecule has 0 radical (unpaired) electrons. The molecule has 0 spiro atoms. The van der Waals surface area contributed by atoms with Crippen molar-refractivity contribution < 1.29 is 22.8 Å². The zero-order chi connectivity index (χ0) is 19.6. The third-order valence-electron chi connectivity index (χ3n) is 3.46. The van der Waals surface area contributed by atoms with Gasteiger partial charge in [0.05, 0.1) is 16.3 Å². The Kier molecular flexibility index (Phi) is 5.00. The van der Waals surface area contributed by atoms with Crippen LogP contribution >= 0.6 is 11.3 Å². The monoisotopic (exact) mass is 394 g/mol. The van der Waals surface area contributed by atoms with Gasteiger partial charge >= 0.3 is 12.2 Å². The van der Waals surface area contributed by atoms with Gasteiger partial charge in [0.2, 0.25) is 0 Å². The van der Waals surface area contributed by atoms with Gasteiger partial charge in [-0.15, -0.1) is 11.3 Å². The first-order valence-corrected chi connectivity index (χ1v) is 8.52. The number of urea groups is 1. The van der Waals surface area contributed by atoms with Gasteiger partial charge in [-0.05, 0) is 48.7 Å². The minimum absolute atomic E-state index is 0.191. The second kappa shape index (κ2) is 7.23. The number of aromatic nitrogens is 2. The van der Waals surface area contributed by atoms with E-state index in [0.717, 1.165) is 10.7 Å². The molecule has 0 aliphatic carbocycles. The number of hydrogen-bond acceptors (Lipinski definition) is 4. The molecule has 2 aromatic heterocycles. The van der Waals surface area contributed by atoms with Crippen molar-refractivity contribution in [2.45, 2.75) is 13.1 Å². The number of nitrogens with zero attached hydrogens (tertiary/aromatic N) is 2. The van der Waals surface area contributed by atoms with Crippen LogP contribution in [-0.4, -0.2) is 21.7 Å². The molecule has 3 amide bonds. The Morgan fingerprint density at radius 1 is 1.15 bits per heavy atom. The van der Waals surface area contributed by atoms with Crippen molar-refractivity contribution in [3.05, 3.63) is 64.1 Å². The van der Waals surface area contributed by atoms with Crippen molar-refractivity contribution in [3.8, 4) is 5.69 Å². The second-order valence-corrected chi connectivity index (χ2v) is 6.46. The van der Waals surface area contributed by atoms with E-state index in [2.05, 4.69) is 15.7 Å². The number of carbonyl (C=O) groups is 2. The summed E-state index contributed by atoms with van der Waals surface area (Å²) in [5.41, 5.74) is -0.153. The van der Waals surface area contributed by atoms with Gasteiger partial charge in [0, 0.05) is 5.69 Å². The fraction of sp³-hybridized carbons (Fsp3) is 0.118. The normalized spacial score (nSPS) is 11.3. The lowest BCUT2D eigenvalue weighted by Gasteiger charge is -2.11. The Hall–Kier alpha value is -3.14. The van der Waals surface area contributed by atoms with Gasteiger partial charge in [-0.2, -0.15) is 18.3 Å². The Balaban J connectivity index is 1.71. The highest BCUT2D eigenvalue weighted by Gasteiger charge is 2.35. The molecule has 0 atom stereocenters. The van der Waals surface area contributed by atoms with E-state index < -0.39 is 23.8 Å². The van der Waals surface area contributed by atoms with Gasteiger partial charge in [0.25, 0.3) is 5.91 Å². The largest absolute Gasteiger partial charge is 0.433 e. The average molecular weight is 394 g/mol. The first kappa shape index (κ1) is 18.6. The molecule has 10 heteroatoms. The van der Waals surface area contributed by atoms with Gasteiger partial charge in [0.15, 0.2) is 0 Å². The van der Waals surface area contributed by atoms with Gasteiger partial charge < -0.3 is 5.32 Å². The number of benzene rings is 1. The van der Waals surface area contributed by atoms with Crippen molar-refractivity contribution in [2.24, 2.45) is 0 Å². The summed E-state index contributed by atoms with van der Waals surface area (Å²) in [5.74, 6) is -0.541. The number of carbonyl (C=O) groups excluding carboxylic acids is 2. The molecule has 27 heavy (non-hydrogen) atoms. The van der Waals surface area contributed by atoms with E-state index in [-0.39, 0.29) is 11.4 Å². The fourth-order valence-electron chi connectivity index (χ4n) is 2.32. The van der Waals surface area contributed by atoms with E-state index in [1.165, 1.54) is 42.5 Å². The van der Waals surface area contributed by atoms with Crippen molar-refractivity contribution in [1.82, 2.24) is 15.1 Å². The van der Waals surface area contributed by atoms with E-state index >= 15 is 0 Å². The minimum atomic E-state index is -4.54. The third-order valence-corrected chi connectivity index (χ3v) is 4.33. The predicted molar refractivity (Wildman–Crippen MR) is 94.1 cm³/mol. The number of anilines is 1. The van der Waals surface area contributed by atoms with E-state index in [0.29, 0.717) is 10.6 Å². The summed E-state index contributed by atoms with van der Waals surface area (Å²) in [6.07, 6.45) is -4.54. The summed E-state index contributed by atoms with van der Waals surface area (Å²) in [6, 6.07) is 9.08. The Labute approximate surface area is 155 Å². The Morgan fingerprint density at radius 3 is 2.44 bits per heavy atom. The molecule has 0 saturated carbocycles. The van der Waals surface area contributed by atoms with Crippen LogP contribution in [0.25, 0.3) is 5.69 Å². The number of alkyl halides is 3. The number of halogens is 3. The molecule has 2 N–H and O–H groups in total. The molecule has 3 rings (SSSR count). The number of aryl methyl sites for hydroxylation is 1. The number of thiophene rings is 1. The van der Waals surface area contributed by atoms with Gasteiger partial charge in [-0.3, -0.25) is 10.1 Å². The summed E-state index contributed by atoms with van der Waals surface area (Å²) >= 11 is 1.19. The highest BCUT2D eigenvalue weighted by Crippen LogP contribution is 2.31. The van der Waals surface area contributed by atoms with Crippen LogP contribution in [0.15, 0.2) is 47.8 Å². The smallest absolute Gasteiger partial charge is 0.308 e. The molecule has 0 aliphatic heterocycles. The number of hydrogen-bond donors (Lipinski definition) is 2. The molecule has 2 heterocycles. The topological polar surface area (TPSA) is 76.0 Å². The highest BCUT2D eigenvalue weighted by molar-refractivity contribution is 7.12. The zero-order valence-electron chi connectivity index (χ0n) is 13.9. The van der Waals surface area contributed by atoms with E-state index in [1.54, 1.807) is 17.5 Å². The van der Waals surface area contributed by atoms with Crippen LogP contribution in [0, 0.1) is 6.92 Å². The lowest BCUT2D eigenvalue weighted by Crippen LogP contribution is -2.33. The Morgan fingerprint density at radius 2 is 1.85 bits per heavy atom. The van der Waals surface area contributed by atoms with Crippen LogP contribution in [0.3, 0.4) is 0 Å². The van der Waals surface area contributed by atoms with Crippen LogP contribution in [0.5, 0.6) is 0 Å². The summed E-state index contributed by atoms with van der Waals surface area (Å²) in [4.78, 5) is 24.0. The van der Waals surface area contributed by atoms with Gasteiger partial charge in [0.1, 0.15) is 5.69 Å². The average Bonchev–Trinajstić information content (AvgIpc) is 3.24. The van der Waals surface area contributed by atoms with Crippen molar-refractivity contribution >= 4 is 29.0 Å². The summed E-state index contributed by atoms with van der Waals surface area (Å²) in [6.45, 7) is 1.47. The highest BCUT2D eigenvalue weighted by atomic mass is 32.1. The molecular formula is C17H13F3N4O2S. The lowest BCUT2D eigenvalue weighted by molar-refractivity contribution is -0.142. The SMILES string of the molecule is Cc1cc(C(F)(F)F)n(-c2ccc(NC(=O)NC(=O)c3cccs3)cc2)n1. The van der Waals surface area contributed by atoms with Crippen molar-refractivity contribution in [2.75, 3.05) is 5.32 Å². The van der Waals surface area contributed by atoms with E-state index in [9.17, 15) is 22.8 Å². The molecule has 0 saturated heterocycles. The quantitative estimate of drug-likeness (QED) is 0.698. The van der Waals surface area contributed by atoms with Crippen LogP contribution in [0.2, 0.25) is 0 Å². The van der Waals surface area contributed by atoms with Crippen molar-refractivity contribution in [3.63, 3.8) is 0 Å².